The van der Waals surface area contributed by atoms with E-state index in [2.05, 4.69) is 23.6 Å². The van der Waals surface area contributed by atoms with Gasteiger partial charge in [0, 0.05) is 23.8 Å². The van der Waals surface area contributed by atoms with Crippen LogP contribution >= 0.6 is 0 Å². The first-order valence-corrected chi connectivity index (χ1v) is 7.94. The van der Waals surface area contributed by atoms with Gasteiger partial charge in [0.2, 0.25) is 0 Å². The summed E-state index contributed by atoms with van der Waals surface area (Å²) >= 11 is 0. The summed E-state index contributed by atoms with van der Waals surface area (Å²) in [5, 5.41) is 6.38. The fourth-order valence-corrected chi connectivity index (χ4v) is 2.70. The van der Waals surface area contributed by atoms with E-state index in [0.717, 1.165) is 43.7 Å². The third kappa shape index (κ3) is 4.13. The van der Waals surface area contributed by atoms with Crippen LogP contribution in [0.3, 0.4) is 0 Å². The van der Waals surface area contributed by atoms with E-state index in [1.165, 1.54) is 5.56 Å². The molecule has 2 atom stereocenters. The number of nitrogens with one attached hydrogen (secondary N) is 2. The maximum absolute atomic E-state index is 12.1. The van der Waals surface area contributed by atoms with Crippen molar-refractivity contribution in [3.05, 3.63) is 23.8 Å². The first kappa shape index (κ1) is 15.7. The Balaban J connectivity index is 1.99. The summed E-state index contributed by atoms with van der Waals surface area (Å²) in [6.45, 7) is 6.96. The highest BCUT2D eigenvalue weighted by Crippen LogP contribution is 2.31. The predicted octanol–water partition coefficient (Wildman–Crippen LogP) is 3.12. The van der Waals surface area contributed by atoms with Gasteiger partial charge in [-0.2, -0.15) is 0 Å². The summed E-state index contributed by atoms with van der Waals surface area (Å²) in [6, 6.07) is 6.18. The Morgan fingerprint density at radius 2 is 2.24 bits per heavy atom. The van der Waals surface area contributed by atoms with Crippen LogP contribution in [0.5, 0.6) is 5.75 Å². The lowest BCUT2D eigenvalue weighted by Crippen LogP contribution is -2.41. The van der Waals surface area contributed by atoms with Gasteiger partial charge >= 0.3 is 0 Å². The quantitative estimate of drug-likeness (QED) is 0.846. The van der Waals surface area contributed by atoms with Gasteiger partial charge in [-0.05, 0) is 45.2 Å². The molecule has 4 nitrogen and oxygen atoms in total. The van der Waals surface area contributed by atoms with Gasteiger partial charge in [0.15, 0.2) is 6.10 Å². The third-order valence-corrected chi connectivity index (χ3v) is 3.84. The molecule has 2 N–H and O–H groups in total. The van der Waals surface area contributed by atoms with Crippen molar-refractivity contribution in [2.75, 3.05) is 11.9 Å². The molecule has 0 spiro atoms. The molecule has 1 aromatic rings. The molecule has 116 valence electrons. The van der Waals surface area contributed by atoms with Crippen molar-refractivity contribution < 1.29 is 9.53 Å². The average molecular weight is 290 g/mol. The molecule has 0 fully saturated rings. The van der Waals surface area contributed by atoms with E-state index in [9.17, 15) is 4.79 Å². The van der Waals surface area contributed by atoms with Gasteiger partial charge in [-0.3, -0.25) is 4.79 Å². The molecular formula is C17H26N2O2. The fraction of sp³-hybridized carbons (Fsp3) is 0.588. The van der Waals surface area contributed by atoms with Gasteiger partial charge in [0.1, 0.15) is 5.75 Å². The number of hydrogen-bond donors (Lipinski definition) is 2. The number of carbonyl (C=O) groups excluding carboxylic acids is 1. The number of rotatable bonds is 6. The van der Waals surface area contributed by atoms with Crippen LogP contribution < -0.4 is 15.4 Å². The van der Waals surface area contributed by atoms with Crippen LogP contribution in [0.1, 0.15) is 45.6 Å². The second-order valence-corrected chi connectivity index (χ2v) is 5.77. The summed E-state index contributed by atoms with van der Waals surface area (Å²) in [5.74, 6) is 0.780. The highest BCUT2D eigenvalue weighted by Gasteiger charge is 2.20. The van der Waals surface area contributed by atoms with Gasteiger partial charge in [0.05, 0.1) is 0 Å². The SMILES string of the molecule is CCCC(C)NC(=O)C(C)Oc1cccc2c1CCCN2. The van der Waals surface area contributed by atoms with Crippen LogP contribution in [0, 0.1) is 0 Å². The molecule has 2 rings (SSSR count). The van der Waals surface area contributed by atoms with E-state index in [1.54, 1.807) is 0 Å². The summed E-state index contributed by atoms with van der Waals surface area (Å²) in [7, 11) is 0. The van der Waals surface area contributed by atoms with E-state index in [0.29, 0.717) is 0 Å². The van der Waals surface area contributed by atoms with Crippen molar-refractivity contribution in [2.24, 2.45) is 0 Å². The summed E-state index contributed by atoms with van der Waals surface area (Å²) < 4.78 is 5.90. The second kappa shape index (κ2) is 7.34. The Bertz CT molecular complexity index is 488. The zero-order valence-electron chi connectivity index (χ0n) is 13.2. The van der Waals surface area contributed by atoms with Gasteiger partial charge in [-0.15, -0.1) is 0 Å². The Morgan fingerprint density at radius 1 is 1.43 bits per heavy atom. The molecular weight excluding hydrogens is 264 g/mol. The van der Waals surface area contributed by atoms with Gasteiger partial charge < -0.3 is 15.4 Å². The molecule has 0 saturated heterocycles. The third-order valence-electron chi connectivity index (χ3n) is 3.84. The van der Waals surface area contributed by atoms with Gasteiger partial charge in [-0.25, -0.2) is 0 Å². The Hall–Kier alpha value is -1.71. The number of ether oxygens (including phenoxy) is 1. The van der Waals surface area contributed by atoms with Crippen molar-refractivity contribution in [2.45, 2.75) is 58.6 Å². The molecule has 1 heterocycles. The molecule has 0 aliphatic carbocycles. The lowest BCUT2D eigenvalue weighted by atomic mass is 10.0. The minimum absolute atomic E-state index is 0.0441. The first-order valence-electron chi connectivity index (χ1n) is 7.94. The largest absolute Gasteiger partial charge is 0.481 e. The zero-order chi connectivity index (χ0) is 15.2. The van der Waals surface area contributed by atoms with E-state index >= 15 is 0 Å². The normalized spacial score (nSPS) is 16.3. The highest BCUT2D eigenvalue weighted by molar-refractivity contribution is 5.81. The van der Waals surface area contributed by atoms with Crippen LogP contribution in [0.15, 0.2) is 18.2 Å². The lowest BCUT2D eigenvalue weighted by molar-refractivity contribution is -0.127. The lowest BCUT2D eigenvalue weighted by Gasteiger charge is -2.23. The predicted molar refractivity (Wildman–Crippen MR) is 85.9 cm³/mol. The minimum atomic E-state index is -0.474. The Labute approximate surface area is 127 Å². The molecule has 21 heavy (non-hydrogen) atoms. The van der Waals surface area contributed by atoms with Gasteiger partial charge in [-0.1, -0.05) is 19.4 Å². The van der Waals surface area contributed by atoms with E-state index < -0.39 is 6.10 Å². The summed E-state index contributed by atoms with van der Waals surface area (Å²) in [4.78, 5) is 12.1. The fourth-order valence-electron chi connectivity index (χ4n) is 2.70. The van der Waals surface area contributed by atoms with Crippen LogP contribution in [-0.4, -0.2) is 24.6 Å². The minimum Gasteiger partial charge on any atom is -0.481 e. The number of hydrogen-bond acceptors (Lipinski definition) is 3. The molecule has 0 bridgehead atoms. The summed E-state index contributed by atoms with van der Waals surface area (Å²) in [6.07, 6.45) is 3.68. The maximum Gasteiger partial charge on any atom is 0.260 e. The molecule has 1 aliphatic rings. The van der Waals surface area contributed by atoms with Crippen molar-refractivity contribution in [3.8, 4) is 5.75 Å². The van der Waals surface area contributed by atoms with Crippen molar-refractivity contribution in [1.82, 2.24) is 5.32 Å². The number of carbonyl (C=O) groups is 1. The first-order chi connectivity index (χ1) is 10.1. The van der Waals surface area contributed by atoms with Crippen LogP contribution in [0.2, 0.25) is 0 Å². The van der Waals surface area contributed by atoms with Crippen LogP contribution in [0.4, 0.5) is 5.69 Å². The maximum atomic E-state index is 12.1. The van der Waals surface area contributed by atoms with E-state index in [1.807, 2.05) is 26.0 Å². The molecule has 1 aromatic carbocycles. The topological polar surface area (TPSA) is 50.4 Å². The molecule has 0 saturated carbocycles. The number of fused-ring (bicyclic) bond motifs is 1. The number of amides is 1. The second-order valence-electron chi connectivity index (χ2n) is 5.77. The average Bonchev–Trinajstić information content (AvgIpc) is 2.47. The van der Waals surface area contributed by atoms with Gasteiger partial charge in [0.25, 0.3) is 5.91 Å². The highest BCUT2D eigenvalue weighted by atomic mass is 16.5. The smallest absolute Gasteiger partial charge is 0.260 e. The van der Waals surface area contributed by atoms with Crippen molar-refractivity contribution >= 4 is 11.6 Å². The molecule has 1 aliphatic heterocycles. The zero-order valence-corrected chi connectivity index (χ0v) is 13.2. The number of benzene rings is 1. The monoisotopic (exact) mass is 290 g/mol. The molecule has 0 aromatic heterocycles. The van der Waals surface area contributed by atoms with Crippen molar-refractivity contribution in [3.63, 3.8) is 0 Å². The molecule has 2 unspecified atom stereocenters. The van der Waals surface area contributed by atoms with Crippen LogP contribution in [-0.2, 0) is 11.2 Å². The number of anilines is 1. The Kier molecular flexibility index (Phi) is 5.48. The summed E-state index contributed by atoms with van der Waals surface area (Å²) in [5.41, 5.74) is 2.32. The standard InChI is InChI=1S/C17H26N2O2/c1-4-7-12(2)19-17(20)13(3)21-16-10-5-9-15-14(16)8-6-11-18-15/h5,9-10,12-13,18H,4,6-8,11H2,1-3H3,(H,19,20). The molecule has 0 radical (unpaired) electrons. The molecule has 4 heteroatoms. The van der Waals surface area contributed by atoms with Crippen LogP contribution in [0.25, 0.3) is 0 Å². The van der Waals surface area contributed by atoms with Crippen molar-refractivity contribution in [1.29, 1.82) is 0 Å². The van der Waals surface area contributed by atoms with E-state index in [4.69, 9.17) is 4.74 Å². The Morgan fingerprint density at radius 3 is 3.00 bits per heavy atom. The molecule has 1 amide bonds. The van der Waals surface area contributed by atoms with E-state index in [-0.39, 0.29) is 11.9 Å².